The summed E-state index contributed by atoms with van der Waals surface area (Å²) >= 11 is 0. The summed E-state index contributed by atoms with van der Waals surface area (Å²) in [6.07, 6.45) is 1.95. The van der Waals surface area contributed by atoms with Crippen LogP contribution in [-0.2, 0) is 14.3 Å². The molecule has 0 aliphatic heterocycles. The third-order valence-corrected chi connectivity index (χ3v) is 0.670. The molecule has 0 heterocycles. The van der Waals surface area contributed by atoms with Gasteiger partial charge in [0, 0.05) is 12.2 Å². The third-order valence-electron chi connectivity index (χ3n) is 0.670. The van der Waals surface area contributed by atoms with Crippen LogP contribution in [0.15, 0.2) is 12.2 Å². The van der Waals surface area contributed by atoms with E-state index in [1.165, 1.54) is 0 Å². The second-order valence-corrected chi connectivity index (χ2v) is 1.49. The second-order valence-electron chi connectivity index (χ2n) is 1.49. The van der Waals surface area contributed by atoms with Crippen LogP contribution >= 0.6 is 0 Å². The normalized spacial score (nSPS) is 9.70. The Morgan fingerprint density at radius 3 is 2.50 bits per heavy atom. The second kappa shape index (κ2) is 4.55. The predicted molar refractivity (Wildman–Crippen MR) is 35.0 cm³/mol. The van der Waals surface area contributed by atoms with E-state index >= 15 is 0 Å². The van der Waals surface area contributed by atoms with Gasteiger partial charge >= 0.3 is 5.97 Å². The van der Waals surface area contributed by atoms with Crippen LogP contribution in [0.4, 0.5) is 0 Å². The topological polar surface area (TPSA) is 69.4 Å². The summed E-state index contributed by atoms with van der Waals surface area (Å²) in [7, 11) is 0. The van der Waals surface area contributed by atoms with Gasteiger partial charge in [0.25, 0.3) is 0 Å². The summed E-state index contributed by atoms with van der Waals surface area (Å²) in [6, 6.07) is 0. The summed E-state index contributed by atoms with van der Waals surface area (Å²) in [5, 5.41) is 0. The minimum Gasteiger partial charge on any atom is -0.463 e. The highest BCUT2D eigenvalue weighted by Gasteiger charge is 1.92. The van der Waals surface area contributed by atoms with Gasteiger partial charge in [0.15, 0.2) is 0 Å². The largest absolute Gasteiger partial charge is 0.463 e. The molecule has 0 aliphatic rings. The Bertz CT molecular complexity index is 162. The van der Waals surface area contributed by atoms with Crippen LogP contribution in [0.3, 0.4) is 0 Å². The Labute approximate surface area is 58.7 Å². The number of amides is 1. The summed E-state index contributed by atoms with van der Waals surface area (Å²) in [5.41, 5.74) is 4.70. The van der Waals surface area contributed by atoms with Gasteiger partial charge < -0.3 is 10.5 Å². The van der Waals surface area contributed by atoms with Crippen molar-refractivity contribution in [1.29, 1.82) is 0 Å². The quantitative estimate of drug-likeness (QED) is 0.431. The molecule has 0 radical (unpaired) electrons. The van der Waals surface area contributed by atoms with Crippen molar-refractivity contribution in [3.63, 3.8) is 0 Å². The maximum Gasteiger partial charge on any atom is 0.330 e. The fourth-order valence-corrected chi connectivity index (χ4v) is 0.341. The molecule has 0 spiro atoms. The average Bonchev–Trinajstić information content (AvgIpc) is 1.85. The fourth-order valence-electron chi connectivity index (χ4n) is 0.341. The van der Waals surface area contributed by atoms with E-state index in [9.17, 15) is 9.59 Å². The molecule has 0 unspecified atom stereocenters. The molecule has 0 aromatic heterocycles. The molecule has 0 bridgehead atoms. The average molecular weight is 143 g/mol. The number of nitrogens with two attached hydrogens (primary N) is 1. The van der Waals surface area contributed by atoms with Gasteiger partial charge in [0.1, 0.15) is 0 Å². The monoisotopic (exact) mass is 143 g/mol. The molecule has 0 aromatic carbocycles. The Hall–Kier alpha value is -1.32. The van der Waals surface area contributed by atoms with E-state index in [1.54, 1.807) is 6.92 Å². The summed E-state index contributed by atoms with van der Waals surface area (Å²) in [4.78, 5) is 20.5. The molecule has 0 atom stereocenters. The first kappa shape index (κ1) is 8.68. The Balaban J connectivity index is 3.67. The van der Waals surface area contributed by atoms with E-state index in [4.69, 9.17) is 5.73 Å². The van der Waals surface area contributed by atoms with Gasteiger partial charge in [0.2, 0.25) is 5.91 Å². The van der Waals surface area contributed by atoms with E-state index in [0.717, 1.165) is 12.2 Å². The van der Waals surface area contributed by atoms with Crippen LogP contribution < -0.4 is 5.73 Å². The summed E-state index contributed by atoms with van der Waals surface area (Å²) < 4.78 is 4.46. The molecule has 0 aliphatic carbocycles. The minimum absolute atomic E-state index is 0.294. The van der Waals surface area contributed by atoms with Crippen molar-refractivity contribution in [2.24, 2.45) is 5.73 Å². The summed E-state index contributed by atoms with van der Waals surface area (Å²) in [5.74, 6) is -1.21. The lowest BCUT2D eigenvalue weighted by molar-refractivity contribution is -0.137. The Kier molecular flexibility index (Phi) is 3.95. The van der Waals surface area contributed by atoms with Gasteiger partial charge in [-0.1, -0.05) is 0 Å². The number of rotatable bonds is 3. The molecule has 0 rings (SSSR count). The maximum absolute atomic E-state index is 10.4. The number of ether oxygens (including phenoxy) is 1. The molecule has 0 fully saturated rings. The molecule has 1 amide bonds. The van der Waals surface area contributed by atoms with Crippen molar-refractivity contribution in [2.75, 3.05) is 6.61 Å². The first-order valence-electron chi connectivity index (χ1n) is 2.81. The van der Waals surface area contributed by atoms with Gasteiger partial charge in [-0.3, -0.25) is 4.79 Å². The van der Waals surface area contributed by atoms with Crippen molar-refractivity contribution < 1.29 is 14.3 Å². The van der Waals surface area contributed by atoms with Crippen LogP contribution in [0.2, 0.25) is 0 Å². The smallest absolute Gasteiger partial charge is 0.330 e. The molecule has 0 saturated carbocycles. The molecular weight excluding hydrogens is 134 g/mol. The predicted octanol–water partition coefficient (Wildman–Crippen LogP) is -0.409. The van der Waals surface area contributed by atoms with Crippen molar-refractivity contribution in [2.45, 2.75) is 6.92 Å². The Morgan fingerprint density at radius 2 is 2.10 bits per heavy atom. The lowest BCUT2D eigenvalue weighted by Crippen LogP contribution is -2.07. The number of esters is 1. The van der Waals surface area contributed by atoms with Crippen LogP contribution in [-0.4, -0.2) is 18.5 Å². The molecular formula is C6H9NO3. The van der Waals surface area contributed by atoms with E-state index in [0.29, 0.717) is 6.61 Å². The number of hydrogen-bond donors (Lipinski definition) is 1. The molecule has 56 valence electrons. The molecule has 0 aromatic rings. The van der Waals surface area contributed by atoms with Crippen LogP contribution in [0.25, 0.3) is 0 Å². The Morgan fingerprint density at radius 1 is 1.50 bits per heavy atom. The van der Waals surface area contributed by atoms with Crippen LogP contribution in [0.1, 0.15) is 6.92 Å². The third kappa shape index (κ3) is 4.83. The zero-order valence-corrected chi connectivity index (χ0v) is 5.66. The van der Waals surface area contributed by atoms with Crippen LogP contribution in [0, 0.1) is 0 Å². The molecule has 10 heavy (non-hydrogen) atoms. The van der Waals surface area contributed by atoms with Gasteiger partial charge in [0.05, 0.1) is 6.61 Å². The minimum atomic E-state index is -0.659. The maximum atomic E-state index is 10.4. The van der Waals surface area contributed by atoms with E-state index < -0.39 is 11.9 Å². The van der Waals surface area contributed by atoms with Gasteiger partial charge in [-0.15, -0.1) is 0 Å². The van der Waals surface area contributed by atoms with Crippen molar-refractivity contribution in [3.8, 4) is 0 Å². The van der Waals surface area contributed by atoms with E-state index in [1.807, 2.05) is 0 Å². The molecule has 0 saturated heterocycles. The first-order valence-corrected chi connectivity index (χ1v) is 2.81. The highest BCUT2D eigenvalue weighted by atomic mass is 16.5. The van der Waals surface area contributed by atoms with E-state index in [-0.39, 0.29) is 0 Å². The van der Waals surface area contributed by atoms with Gasteiger partial charge in [-0.05, 0) is 6.92 Å². The van der Waals surface area contributed by atoms with Crippen LogP contribution in [0.5, 0.6) is 0 Å². The lowest BCUT2D eigenvalue weighted by atomic mass is 10.5. The standard InChI is InChI=1S/C6H9NO3/c1-2-10-6(9)4-3-5(7)8/h3-4H,2H2,1H3,(H2,7,8). The van der Waals surface area contributed by atoms with Crippen molar-refractivity contribution in [3.05, 3.63) is 12.2 Å². The number of carbonyl (C=O) groups is 2. The zero-order chi connectivity index (χ0) is 7.98. The number of hydrogen-bond acceptors (Lipinski definition) is 3. The SMILES string of the molecule is CCOC(=O)C=CC(N)=O. The molecule has 4 heteroatoms. The number of primary amides is 1. The first-order chi connectivity index (χ1) is 4.66. The highest BCUT2D eigenvalue weighted by Crippen LogP contribution is 1.79. The molecule has 4 nitrogen and oxygen atoms in total. The van der Waals surface area contributed by atoms with Crippen molar-refractivity contribution in [1.82, 2.24) is 0 Å². The zero-order valence-electron chi connectivity index (χ0n) is 5.66. The number of carbonyl (C=O) groups excluding carboxylic acids is 2. The highest BCUT2D eigenvalue weighted by molar-refractivity contribution is 5.93. The summed E-state index contributed by atoms with van der Waals surface area (Å²) in [6.45, 7) is 1.97. The lowest BCUT2D eigenvalue weighted by Gasteiger charge is -1.92. The molecule has 2 N–H and O–H groups in total. The van der Waals surface area contributed by atoms with E-state index in [2.05, 4.69) is 4.74 Å². The van der Waals surface area contributed by atoms with Crippen molar-refractivity contribution >= 4 is 11.9 Å². The van der Waals surface area contributed by atoms with Gasteiger partial charge in [-0.2, -0.15) is 0 Å². The van der Waals surface area contributed by atoms with Gasteiger partial charge in [-0.25, -0.2) is 4.79 Å². The fraction of sp³-hybridized carbons (Fsp3) is 0.333.